The van der Waals surface area contributed by atoms with Gasteiger partial charge in [-0.15, -0.1) is 0 Å². The number of ether oxygens (including phenoxy) is 1. The summed E-state index contributed by atoms with van der Waals surface area (Å²) >= 11 is 0. The molecule has 1 amide bonds. The molecule has 0 aliphatic heterocycles. The van der Waals surface area contributed by atoms with Crippen LogP contribution in [-0.2, 0) is 4.74 Å². The molecule has 0 aliphatic rings. The zero-order valence-corrected chi connectivity index (χ0v) is 9.83. The van der Waals surface area contributed by atoms with Crippen LogP contribution in [0, 0.1) is 5.92 Å². The van der Waals surface area contributed by atoms with E-state index < -0.39 is 0 Å². The molecular formula is C10H22N2O2. The summed E-state index contributed by atoms with van der Waals surface area (Å²) in [4.78, 5) is 13.1. The molecule has 14 heavy (non-hydrogen) atoms. The summed E-state index contributed by atoms with van der Waals surface area (Å²) in [7, 11) is 4.02. The predicted octanol–water partition coefficient (Wildman–Crippen LogP) is 1.32. The molecule has 0 bridgehead atoms. The van der Waals surface area contributed by atoms with Gasteiger partial charge in [0.15, 0.2) is 0 Å². The monoisotopic (exact) mass is 202 g/mol. The molecule has 0 radical (unpaired) electrons. The molecule has 0 saturated heterocycles. The van der Waals surface area contributed by atoms with E-state index in [4.69, 9.17) is 4.74 Å². The summed E-state index contributed by atoms with van der Waals surface area (Å²) in [5.74, 6) is 0.506. The molecular weight excluding hydrogens is 180 g/mol. The summed E-state index contributed by atoms with van der Waals surface area (Å²) in [6.07, 6.45) is -0.333. The van der Waals surface area contributed by atoms with E-state index in [1.165, 1.54) is 0 Å². The molecule has 0 rings (SSSR count). The largest absolute Gasteiger partial charge is 0.450 e. The smallest absolute Gasteiger partial charge is 0.407 e. The Bertz CT molecular complexity index is 162. The first-order valence-electron chi connectivity index (χ1n) is 5.06. The van der Waals surface area contributed by atoms with Gasteiger partial charge in [-0.1, -0.05) is 13.8 Å². The summed E-state index contributed by atoms with van der Waals surface area (Å²) in [6, 6.07) is 0.347. The molecule has 0 aromatic heterocycles. The first-order valence-corrected chi connectivity index (χ1v) is 5.06. The number of alkyl carbamates (subject to hydrolysis) is 1. The number of nitrogens with zero attached hydrogens (tertiary/aromatic N) is 1. The van der Waals surface area contributed by atoms with Crippen molar-refractivity contribution in [3.63, 3.8) is 0 Å². The molecule has 0 aliphatic carbocycles. The van der Waals surface area contributed by atoms with Crippen LogP contribution in [0.1, 0.15) is 20.8 Å². The van der Waals surface area contributed by atoms with E-state index in [0.717, 1.165) is 0 Å². The third-order valence-electron chi connectivity index (χ3n) is 2.16. The van der Waals surface area contributed by atoms with Crippen LogP contribution < -0.4 is 5.32 Å². The minimum absolute atomic E-state index is 0.333. The fraction of sp³-hybridized carbons (Fsp3) is 0.900. The van der Waals surface area contributed by atoms with Gasteiger partial charge >= 0.3 is 6.09 Å². The normalized spacial score (nSPS) is 13.1. The highest BCUT2D eigenvalue weighted by Crippen LogP contribution is 2.05. The lowest BCUT2D eigenvalue weighted by Crippen LogP contribution is -2.43. The lowest BCUT2D eigenvalue weighted by Gasteiger charge is -2.27. The number of carbonyl (C=O) groups excluding carboxylic acids is 1. The lowest BCUT2D eigenvalue weighted by atomic mass is 10.0. The molecule has 0 aromatic rings. The second-order valence-corrected chi connectivity index (χ2v) is 3.88. The fourth-order valence-electron chi connectivity index (χ4n) is 1.38. The molecule has 0 spiro atoms. The van der Waals surface area contributed by atoms with E-state index >= 15 is 0 Å². The molecule has 1 N–H and O–H groups in total. The van der Waals surface area contributed by atoms with Gasteiger partial charge < -0.3 is 15.0 Å². The number of carbonyl (C=O) groups is 1. The molecule has 0 saturated carbocycles. The van der Waals surface area contributed by atoms with Crippen molar-refractivity contribution < 1.29 is 9.53 Å². The van der Waals surface area contributed by atoms with Gasteiger partial charge in [0.25, 0.3) is 0 Å². The van der Waals surface area contributed by atoms with Crippen molar-refractivity contribution in [3.05, 3.63) is 0 Å². The van der Waals surface area contributed by atoms with Gasteiger partial charge in [0.1, 0.15) is 0 Å². The first-order chi connectivity index (χ1) is 6.49. The zero-order chi connectivity index (χ0) is 11.1. The second kappa shape index (κ2) is 6.65. The van der Waals surface area contributed by atoms with Crippen LogP contribution in [0.3, 0.4) is 0 Å². The Balaban J connectivity index is 3.88. The predicted molar refractivity (Wildman–Crippen MR) is 57.3 cm³/mol. The Labute approximate surface area is 86.6 Å². The van der Waals surface area contributed by atoms with Crippen LogP contribution in [0.25, 0.3) is 0 Å². The molecule has 0 fully saturated rings. The van der Waals surface area contributed by atoms with Crippen LogP contribution in [0.15, 0.2) is 0 Å². The van der Waals surface area contributed by atoms with E-state index in [2.05, 4.69) is 24.1 Å². The topological polar surface area (TPSA) is 41.6 Å². The zero-order valence-electron chi connectivity index (χ0n) is 9.83. The number of rotatable bonds is 5. The molecule has 0 aromatic carbocycles. The van der Waals surface area contributed by atoms with Crippen molar-refractivity contribution in [2.75, 3.05) is 27.2 Å². The van der Waals surface area contributed by atoms with E-state index in [0.29, 0.717) is 25.1 Å². The van der Waals surface area contributed by atoms with E-state index in [1.54, 1.807) is 6.92 Å². The van der Waals surface area contributed by atoms with Gasteiger partial charge in [-0.25, -0.2) is 4.79 Å². The molecule has 84 valence electrons. The fourth-order valence-corrected chi connectivity index (χ4v) is 1.38. The lowest BCUT2D eigenvalue weighted by molar-refractivity contribution is 0.144. The minimum Gasteiger partial charge on any atom is -0.450 e. The molecule has 4 heteroatoms. The average Bonchev–Trinajstić information content (AvgIpc) is 2.03. The highest BCUT2D eigenvalue weighted by Gasteiger charge is 2.16. The average molecular weight is 202 g/mol. The van der Waals surface area contributed by atoms with Crippen molar-refractivity contribution in [3.8, 4) is 0 Å². The first kappa shape index (κ1) is 13.2. The van der Waals surface area contributed by atoms with Crippen LogP contribution in [0.2, 0.25) is 0 Å². The maximum atomic E-state index is 11.0. The van der Waals surface area contributed by atoms with Crippen LogP contribution in [-0.4, -0.2) is 44.3 Å². The van der Waals surface area contributed by atoms with Crippen molar-refractivity contribution in [1.29, 1.82) is 0 Å². The maximum absolute atomic E-state index is 11.0. The van der Waals surface area contributed by atoms with Crippen LogP contribution >= 0.6 is 0 Å². The van der Waals surface area contributed by atoms with Crippen molar-refractivity contribution in [2.45, 2.75) is 26.8 Å². The van der Waals surface area contributed by atoms with Gasteiger partial charge in [-0.3, -0.25) is 0 Å². The number of nitrogens with one attached hydrogen (secondary N) is 1. The summed E-state index contributed by atoms with van der Waals surface area (Å²) < 4.78 is 4.78. The molecule has 1 unspecified atom stereocenters. The Kier molecular flexibility index (Phi) is 6.28. The van der Waals surface area contributed by atoms with Crippen molar-refractivity contribution in [1.82, 2.24) is 10.2 Å². The Hall–Kier alpha value is -0.770. The summed E-state index contributed by atoms with van der Waals surface area (Å²) in [5.41, 5.74) is 0. The Morgan fingerprint density at radius 2 is 2.00 bits per heavy atom. The Morgan fingerprint density at radius 3 is 2.36 bits per heavy atom. The number of hydrogen-bond donors (Lipinski definition) is 1. The number of likely N-dealkylation sites (N-methyl/N-ethyl adjacent to an activating group) is 1. The van der Waals surface area contributed by atoms with E-state index in [-0.39, 0.29) is 6.09 Å². The van der Waals surface area contributed by atoms with Gasteiger partial charge in [0.2, 0.25) is 0 Å². The molecule has 4 nitrogen and oxygen atoms in total. The van der Waals surface area contributed by atoms with Crippen LogP contribution in [0.4, 0.5) is 4.79 Å². The highest BCUT2D eigenvalue weighted by atomic mass is 16.5. The van der Waals surface area contributed by atoms with Gasteiger partial charge in [-0.2, -0.15) is 0 Å². The molecule has 1 atom stereocenters. The minimum atomic E-state index is -0.333. The van der Waals surface area contributed by atoms with Gasteiger partial charge in [0, 0.05) is 12.6 Å². The quantitative estimate of drug-likeness (QED) is 0.731. The Morgan fingerprint density at radius 1 is 1.43 bits per heavy atom. The number of hydrogen-bond acceptors (Lipinski definition) is 3. The van der Waals surface area contributed by atoms with E-state index in [9.17, 15) is 4.79 Å². The van der Waals surface area contributed by atoms with E-state index in [1.807, 2.05) is 14.1 Å². The maximum Gasteiger partial charge on any atom is 0.407 e. The third-order valence-corrected chi connectivity index (χ3v) is 2.16. The van der Waals surface area contributed by atoms with Crippen molar-refractivity contribution in [2.24, 2.45) is 5.92 Å². The number of amides is 1. The summed E-state index contributed by atoms with van der Waals surface area (Å²) in [5, 5.41) is 2.74. The standard InChI is InChI=1S/C10H22N2O2/c1-6-14-10(13)11-7-9(8(2)3)12(4)5/h8-9H,6-7H2,1-5H3,(H,11,13). The van der Waals surface area contributed by atoms with Gasteiger partial charge in [0.05, 0.1) is 6.61 Å². The SMILES string of the molecule is CCOC(=O)NCC(C(C)C)N(C)C. The molecule has 0 heterocycles. The van der Waals surface area contributed by atoms with Gasteiger partial charge in [-0.05, 0) is 26.9 Å². The third kappa shape index (κ3) is 5.07. The second-order valence-electron chi connectivity index (χ2n) is 3.88. The highest BCUT2D eigenvalue weighted by molar-refractivity contribution is 5.67. The summed E-state index contributed by atoms with van der Waals surface area (Å²) in [6.45, 7) is 7.12. The van der Waals surface area contributed by atoms with Crippen molar-refractivity contribution >= 4 is 6.09 Å². The van der Waals surface area contributed by atoms with Crippen LogP contribution in [0.5, 0.6) is 0 Å².